The minimum absolute atomic E-state index is 0.111. The number of rotatable bonds is 4. The lowest BCUT2D eigenvalue weighted by Crippen LogP contribution is -2.27. The molecular weight excluding hydrogens is 330 g/mol. The Morgan fingerprint density at radius 1 is 0.962 bits per heavy atom. The molecule has 2 heterocycles. The molecule has 0 fully saturated rings. The molecule has 26 heavy (non-hydrogen) atoms. The van der Waals surface area contributed by atoms with Crippen LogP contribution in [0.25, 0.3) is 16.5 Å². The van der Waals surface area contributed by atoms with E-state index < -0.39 is 5.97 Å². The number of carboxylic acid groups (broad SMARTS) is 1. The smallest absolute Gasteiger partial charge is 0.338 e. The summed E-state index contributed by atoms with van der Waals surface area (Å²) in [6, 6.07) is 17.6. The average molecular weight is 345 g/mol. The van der Waals surface area contributed by atoms with E-state index in [4.69, 9.17) is 0 Å². The highest BCUT2D eigenvalue weighted by atomic mass is 16.4. The zero-order valence-corrected chi connectivity index (χ0v) is 13.7. The summed E-state index contributed by atoms with van der Waals surface area (Å²) in [7, 11) is 0. The molecular formula is C20H15N3O3. The van der Waals surface area contributed by atoms with Gasteiger partial charge in [0.1, 0.15) is 0 Å². The number of nitrogens with zero attached hydrogens (tertiary/aromatic N) is 3. The zero-order valence-electron chi connectivity index (χ0n) is 13.7. The summed E-state index contributed by atoms with van der Waals surface area (Å²) in [6.45, 7) is 0.170. The average Bonchev–Trinajstić information content (AvgIpc) is 3.16. The molecule has 0 aliphatic rings. The Balaban J connectivity index is 2.14. The molecule has 1 N–H and O–H groups in total. The van der Waals surface area contributed by atoms with Crippen LogP contribution in [0.4, 0.5) is 0 Å². The molecule has 0 bridgehead atoms. The van der Waals surface area contributed by atoms with Gasteiger partial charge in [0.2, 0.25) is 0 Å². The molecule has 2 aromatic carbocycles. The van der Waals surface area contributed by atoms with E-state index in [1.807, 2.05) is 18.2 Å². The van der Waals surface area contributed by atoms with Crippen molar-refractivity contribution in [2.24, 2.45) is 0 Å². The molecule has 0 radical (unpaired) electrons. The molecule has 0 aliphatic heterocycles. The van der Waals surface area contributed by atoms with Crippen LogP contribution in [-0.2, 0) is 6.54 Å². The number of aromatic carboxylic acids is 1. The second kappa shape index (κ2) is 6.33. The van der Waals surface area contributed by atoms with Crippen LogP contribution in [0.1, 0.15) is 16.1 Å². The summed E-state index contributed by atoms with van der Waals surface area (Å²) in [4.78, 5) is 25.3. The van der Waals surface area contributed by atoms with E-state index in [1.54, 1.807) is 59.5 Å². The molecule has 0 spiro atoms. The van der Waals surface area contributed by atoms with Gasteiger partial charge in [0.05, 0.1) is 17.8 Å². The van der Waals surface area contributed by atoms with E-state index in [0.717, 1.165) is 0 Å². The first-order valence-corrected chi connectivity index (χ1v) is 8.09. The highest BCUT2D eigenvalue weighted by Crippen LogP contribution is 2.23. The summed E-state index contributed by atoms with van der Waals surface area (Å²) in [6.07, 6.45) is 3.35. The second-order valence-corrected chi connectivity index (χ2v) is 5.85. The molecule has 0 aliphatic carbocycles. The summed E-state index contributed by atoms with van der Waals surface area (Å²) < 4.78 is 3.07. The number of hydrogen-bond acceptors (Lipinski definition) is 3. The summed E-state index contributed by atoms with van der Waals surface area (Å²) in [5, 5.41) is 14.9. The Labute approximate surface area is 148 Å². The van der Waals surface area contributed by atoms with E-state index in [9.17, 15) is 14.7 Å². The minimum Gasteiger partial charge on any atom is -0.478 e. The number of carbonyl (C=O) groups is 1. The van der Waals surface area contributed by atoms with Gasteiger partial charge in [-0.15, -0.1) is 0 Å². The van der Waals surface area contributed by atoms with E-state index in [2.05, 4.69) is 5.10 Å². The first-order valence-electron chi connectivity index (χ1n) is 8.09. The van der Waals surface area contributed by atoms with E-state index >= 15 is 0 Å². The van der Waals surface area contributed by atoms with Crippen molar-refractivity contribution in [2.45, 2.75) is 6.54 Å². The molecule has 0 atom stereocenters. The van der Waals surface area contributed by atoms with Gasteiger partial charge in [-0.2, -0.15) is 5.10 Å². The van der Waals surface area contributed by atoms with Crippen molar-refractivity contribution in [2.75, 3.05) is 0 Å². The van der Waals surface area contributed by atoms with Crippen LogP contribution in [0.3, 0.4) is 0 Å². The molecule has 0 unspecified atom stereocenters. The Bertz CT molecular complexity index is 1150. The van der Waals surface area contributed by atoms with Gasteiger partial charge in [0.15, 0.2) is 0 Å². The number of hydrogen-bond donors (Lipinski definition) is 1. The molecule has 0 amide bonds. The maximum absolute atomic E-state index is 13.2. The number of carboxylic acids is 1. The SMILES string of the molecule is O=C(O)c1c(Cn2cccn2)n(-c2ccccc2)c(=O)c2ccccc12. The second-order valence-electron chi connectivity index (χ2n) is 5.85. The predicted octanol–water partition coefficient (Wildman–Crippen LogP) is 2.93. The monoisotopic (exact) mass is 345 g/mol. The van der Waals surface area contributed by atoms with Crippen LogP contribution in [0, 0.1) is 0 Å². The Kier molecular flexibility index (Phi) is 3.85. The normalized spacial score (nSPS) is 10.9. The fourth-order valence-corrected chi connectivity index (χ4v) is 3.18. The summed E-state index contributed by atoms with van der Waals surface area (Å²) >= 11 is 0. The minimum atomic E-state index is -1.08. The summed E-state index contributed by atoms with van der Waals surface area (Å²) in [5.74, 6) is -1.08. The molecule has 0 saturated carbocycles. The highest BCUT2D eigenvalue weighted by molar-refractivity contribution is 6.04. The van der Waals surface area contributed by atoms with Crippen LogP contribution in [0.15, 0.2) is 77.9 Å². The topological polar surface area (TPSA) is 77.1 Å². The van der Waals surface area contributed by atoms with Crippen molar-refractivity contribution in [3.05, 3.63) is 94.7 Å². The number of aromatic nitrogens is 3. The lowest BCUT2D eigenvalue weighted by Gasteiger charge is -2.18. The first kappa shape index (κ1) is 15.8. The quantitative estimate of drug-likeness (QED) is 0.617. The Hall–Kier alpha value is -3.67. The van der Waals surface area contributed by atoms with Gasteiger partial charge in [0.25, 0.3) is 5.56 Å². The lowest BCUT2D eigenvalue weighted by molar-refractivity contribution is 0.0697. The molecule has 6 heteroatoms. The number of pyridine rings is 1. The van der Waals surface area contributed by atoms with Gasteiger partial charge in [-0.1, -0.05) is 36.4 Å². The Morgan fingerprint density at radius 2 is 1.65 bits per heavy atom. The number of fused-ring (bicyclic) bond motifs is 1. The van der Waals surface area contributed by atoms with Gasteiger partial charge in [-0.3, -0.25) is 14.0 Å². The third-order valence-electron chi connectivity index (χ3n) is 4.29. The maximum Gasteiger partial charge on any atom is 0.338 e. The van der Waals surface area contributed by atoms with Crippen LogP contribution < -0.4 is 5.56 Å². The van der Waals surface area contributed by atoms with Crippen molar-refractivity contribution >= 4 is 16.7 Å². The Morgan fingerprint density at radius 3 is 2.31 bits per heavy atom. The van der Waals surface area contributed by atoms with E-state index in [1.165, 1.54) is 4.57 Å². The first-order chi connectivity index (χ1) is 12.7. The zero-order chi connectivity index (χ0) is 18.1. The fraction of sp³-hybridized carbons (Fsp3) is 0.0500. The van der Waals surface area contributed by atoms with Gasteiger partial charge in [-0.05, 0) is 24.3 Å². The van der Waals surface area contributed by atoms with Crippen molar-refractivity contribution in [3.63, 3.8) is 0 Å². The number of para-hydroxylation sites is 1. The summed E-state index contributed by atoms with van der Waals surface area (Å²) in [5.41, 5.74) is 0.863. The van der Waals surface area contributed by atoms with Crippen molar-refractivity contribution in [1.29, 1.82) is 0 Å². The predicted molar refractivity (Wildman–Crippen MR) is 97.8 cm³/mol. The number of benzene rings is 2. The van der Waals surface area contributed by atoms with Gasteiger partial charge in [-0.25, -0.2) is 4.79 Å². The molecule has 4 aromatic rings. The van der Waals surface area contributed by atoms with Crippen LogP contribution in [0.2, 0.25) is 0 Å². The van der Waals surface area contributed by atoms with Gasteiger partial charge < -0.3 is 5.11 Å². The third-order valence-corrected chi connectivity index (χ3v) is 4.29. The van der Waals surface area contributed by atoms with Crippen molar-refractivity contribution in [3.8, 4) is 5.69 Å². The fourth-order valence-electron chi connectivity index (χ4n) is 3.18. The molecule has 128 valence electrons. The van der Waals surface area contributed by atoms with Crippen LogP contribution >= 0.6 is 0 Å². The standard InChI is InChI=1S/C20H15N3O3/c24-19-16-10-5-4-9-15(16)18(20(25)26)17(13-22-12-6-11-21-22)23(19)14-7-2-1-3-8-14/h1-12H,13H2,(H,25,26). The molecule has 0 saturated heterocycles. The maximum atomic E-state index is 13.2. The van der Waals surface area contributed by atoms with Gasteiger partial charge in [0, 0.05) is 28.9 Å². The van der Waals surface area contributed by atoms with Crippen LogP contribution in [-0.4, -0.2) is 25.4 Å². The lowest BCUT2D eigenvalue weighted by atomic mass is 10.0. The van der Waals surface area contributed by atoms with Crippen LogP contribution in [0.5, 0.6) is 0 Å². The highest BCUT2D eigenvalue weighted by Gasteiger charge is 2.22. The van der Waals surface area contributed by atoms with E-state index in [-0.39, 0.29) is 17.7 Å². The molecule has 4 rings (SSSR count). The van der Waals surface area contributed by atoms with Gasteiger partial charge >= 0.3 is 5.97 Å². The molecule has 6 nitrogen and oxygen atoms in total. The molecule has 2 aromatic heterocycles. The van der Waals surface area contributed by atoms with Crippen molar-refractivity contribution in [1.82, 2.24) is 14.3 Å². The largest absolute Gasteiger partial charge is 0.478 e. The van der Waals surface area contributed by atoms with Crippen molar-refractivity contribution < 1.29 is 9.90 Å². The van der Waals surface area contributed by atoms with E-state index in [0.29, 0.717) is 22.2 Å². The third kappa shape index (κ3) is 2.57.